The van der Waals surface area contributed by atoms with Crippen LogP contribution in [-0.4, -0.2) is 39.5 Å². The minimum absolute atomic E-state index is 0.0818. The van der Waals surface area contributed by atoms with Crippen LogP contribution in [0.5, 0.6) is 0 Å². The first-order valence-electron chi connectivity index (χ1n) is 8.97. The Kier molecular flexibility index (Phi) is 5.16. The summed E-state index contributed by atoms with van der Waals surface area (Å²) >= 11 is 0. The number of amides is 1. The SMILES string of the molecule is COC(=O)c1c(CC(=O)Nc2ccnn2C(C)C2CC2)[nH]c(C(C)=O)c1C. The first kappa shape index (κ1) is 18.9. The van der Waals surface area contributed by atoms with Gasteiger partial charge in [0, 0.05) is 18.7 Å². The fourth-order valence-electron chi connectivity index (χ4n) is 3.39. The number of nitrogens with one attached hydrogen (secondary N) is 2. The van der Waals surface area contributed by atoms with Crippen molar-refractivity contribution in [2.45, 2.75) is 46.1 Å². The Hall–Kier alpha value is -2.90. The van der Waals surface area contributed by atoms with E-state index in [1.165, 1.54) is 26.9 Å². The van der Waals surface area contributed by atoms with Crippen molar-refractivity contribution >= 4 is 23.5 Å². The van der Waals surface area contributed by atoms with Crippen molar-refractivity contribution in [3.05, 3.63) is 34.8 Å². The van der Waals surface area contributed by atoms with Gasteiger partial charge in [0.05, 0.1) is 37.0 Å². The molecule has 1 aliphatic carbocycles. The van der Waals surface area contributed by atoms with Gasteiger partial charge in [-0.25, -0.2) is 9.48 Å². The van der Waals surface area contributed by atoms with Crippen molar-refractivity contribution in [1.82, 2.24) is 14.8 Å². The molecule has 8 nitrogen and oxygen atoms in total. The van der Waals surface area contributed by atoms with Crippen LogP contribution in [0.1, 0.15) is 64.8 Å². The maximum Gasteiger partial charge on any atom is 0.339 e. The number of carbonyl (C=O) groups excluding carboxylic acids is 3. The third-order valence-corrected chi connectivity index (χ3v) is 5.03. The fraction of sp³-hybridized carbons (Fsp3) is 0.474. The Balaban J connectivity index is 1.80. The molecule has 2 heterocycles. The number of methoxy groups -OCH3 is 1. The number of Topliss-reactive ketones (excluding diaryl/α,β-unsaturated/α-hetero) is 1. The molecule has 1 amide bonds. The first-order chi connectivity index (χ1) is 12.8. The van der Waals surface area contributed by atoms with E-state index < -0.39 is 5.97 Å². The lowest BCUT2D eigenvalue weighted by molar-refractivity contribution is -0.115. The van der Waals surface area contributed by atoms with Crippen molar-refractivity contribution in [1.29, 1.82) is 0 Å². The second kappa shape index (κ2) is 7.38. The summed E-state index contributed by atoms with van der Waals surface area (Å²) < 4.78 is 6.62. The van der Waals surface area contributed by atoms with E-state index in [4.69, 9.17) is 4.74 Å². The Labute approximate surface area is 157 Å². The molecule has 27 heavy (non-hydrogen) atoms. The standard InChI is InChI=1S/C19H24N4O4/c1-10-17(19(26)27-4)14(21-18(10)12(3)24)9-16(25)22-15-7-8-20-23(15)11(2)13-5-6-13/h7-8,11,13,21H,5-6,9H2,1-4H3,(H,22,25). The van der Waals surface area contributed by atoms with Crippen molar-refractivity contribution in [2.75, 3.05) is 12.4 Å². The summed E-state index contributed by atoms with van der Waals surface area (Å²) in [7, 11) is 1.27. The zero-order valence-corrected chi connectivity index (χ0v) is 16.0. The fourth-order valence-corrected chi connectivity index (χ4v) is 3.39. The first-order valence-corrected chi connectivity index (χ1v) is 8.97. The third-order valence-electron chi connectivity index (χ3n) is 5.03. The van der Waals surface area contributed by atoms with E-state index in [2.05, 4.69) is 22.3 Å². The maximum absolute atomic E-state index is 12.6. The van der Waals surface area contributed by atoms with Gasteiger partial charge in [0.2, 0.25) is 5.91 Å². The molecule has 0 aromatic carbocycles. The number of carbonyl (C=O) groups is 3. The quantitative estimate of drug-likeness (QED) is 0.574. The maximum atomic E-state index is 12.6. The summed E-state index contributed by atoms with van der Waals surface area (Å²) in [5.41, 5.74) is 1.40. The van der Waals surface area contributed by atoms with E-state index in [-0.39, 0.29) is 29.7 Å². The molecule has 0 radical (unpaired) electrons. The molecule has 144 valence electrons. The molecular formula is C19H24N4O4. The van der Waals surface area contributed by atoms with Crippen LogP contribution in [0.15, 0.2) is 12.3 Å². The van der Waals surface area contributed by atoms with Gasteiger partial charge in [-0.05, 0) is 38.2 Å². The van der Waals surface area contributed by atoms with Gasteiger partial charge >= 0.3 is 5.97 Å². The van der Waals surface area contributed by atoms with E-state index in [0.717, 1.165) is 0 Å². The van der Waals surface area contributed by atoms with E-state index in [9.17, 15) is 14.4 Å². The Morgan fingerprint density at radius 3 is 2.70 bits per heavy atom. The van der Waals surface area contributed by atoms with Gasteiger partial charge in [0.1, 0.15) is 5.82 Å². The van der Waals surface area contributed by atoms with E-state index in [1.54, 1.807) is 19.2 Å². The van der Waals surface area contributed by atoms with Crippen LogP contribution < -0.4 is 5.32 Å². The normalized spacial score (nSPS) is 14.7. The van der Waals surface area contributed by atoms with E-state index >= 15 is 0 Å². The summed E-state index contributed by atoms with van der Waals surface area (Å²) in [6, 6.07) is 1.97. The number of ketones is 1. The number of aromatic amines is 1. The van der Waals surface area contributed by atoms with Crippen LogP contribution in [0.25, 0.3) is 0 Å². The predicted octanol–water partition coefficient (Wildman–Crippen LogP) is 2.66. The molecule has 1 aliphatic rings. The highest BCUT2D eigenvalue weighted by atomic mass is 16.5. The van der Waals surface area contributed by atoms with Crippen molar-refractivity contribution in [3.8, 4) is 0 Å². The van der Waals surface area contributed by atoms with E-state index in [0.29, 0.717) is 28.7 Å². The summed E-state index contributed by atoms with van der Waals surface area (Å²) in [5.74, 6) is 0.123. The lowest BCUT2D eigenvalue weighted by Gasteiger charge is -2.15. The number of nitrogens with zero attached hydrogens (tertiary/aromatic N) is 2. The second-order valence-corrected chi connectivity index (χ2v) is 6.99. The summed E-state index contributed by atoms with van der Waals surface area (Å²) in [5, 5.41) is 7.16. The molecule has 1 atom stereocenters. The van der Waals surface area contributed by atoms with Gasteiger partial charge in [-0.15, -0.1) is 0 Å². The van der Waals surface area contributed by atoms with Crippen LogP contribution >= 0.6 is 0 Å². The zero-order valence-electron chi connectivity index (χ0n) is 16.0. The molecule has 2 aromatic heterocycles. The lowest BCUT2D eigenvalue weighted by atomic mass is 10.1. The Morgan fingerprint density at radius 1 is 1.41 bits per heavy atom. The number of hydrogen-bond acceptors (Lipinski definition) is 5. The molecule has 0 aliphatic heterocycles. The van der Waals surface area contributed by atoms with E-state index in [1.807, 2.05) is 4.68 Å². The van der Waals surface area contributed by atoms with Gasteiger partial charge in [-0.2, -0.15) is 5.10 Å². The highest BCUT2D eigenvalue weighted by Crippen LogP contribution is 2.40. The topological polar surface area (TPSA) is 106 Å². The van der Waals surface area contributed by atoms with Gasteiger partial charge in [0.15, 0.2) is 5.78 Å². The molecule has 0 bridgehead atoms. The number of hydrogen-bond donors (Lipinski definition) is 2. The number of anilines is 1. The summed E-state index contributed by atoms with van der Waals surface area (Å²) in [6.07, 6.45) is 3.92. The highest BCUT2D eigenvalue weighted by molar-refractivity contribution is 6.02. The minimum atomic E-state index is -0.577. The van der Waals surface area contributed by atoms with Crippen molar-refractivity contribution < 1.29 is 19.1 Å². The molecule has 0 spiro atoms. The third kappa shape index (κ3) is 3.79. The largest absolute Gasteiger partial charge is 0.465 e. The molecule has 1 saturated carbocycles. The lowest BCUT2D eigenvalue weighted by Crippen LogP contribution is -2.21. The Bertz CT molecular complexity index is 892. The smallest absolute Gasteiger partial charge is 0.339 e. The summed E-state index contributed by atoms with van der Waals surface area (Å²) in [6.45, 7) is 5.15. The molecule has 2 aromatic rings. The number of H-pyrrole nitrogens is 1. The van der Waals surface area contributed by atoms with Gasteiger partial charge in [-0.3, -0.25) is 9.59 Å². The number of aromatic nitrogens is 3. The van der Waals surface area contributed by atoms with Crippen LogP contribution in [-0.2, 0) is 16.0 Å². The van der Waals surface area contributed by atoms with Crippen LogP contribution in [0.2, 0.25) is 0 Å². The molecular weight excluding hydrogens is 348 g/mol. The molecule has 2 N–H and O–H groups in total. The number of rotatable bonds is 7. The predicted molar refractivity (Wildman–Crippen MR) is 98.9 cm³/mol. The molecule has 1 unspecified atom stereocenters. The van der Waals surface area contributed by atoms with Crippen LogP contribution in [0.3, 0.4) is 0 Å². The van der Waals surface area contributed by atoms with Crippen molar-refractivity contribution in [2.24, 2.45) is 5.92 Å². The highest BCUT2D eigenvalue weighted by Gasteiger charge is 2.31. The molecule has 8 heteroatoms. The minimum Gasteiger partial charge on any atom is -0.465 e. The molecule has 0 saturated heterocycles. The summed E-state index contributed by atoms with van der Waals surface area (Å²) in [4.78, 5) is 39.4. The Morgan fingerprint density at radius 2 is 2.11 bits per heavy atom. The molecule has 3 rings (SSSR count). The molecule has 1 fully saturated rings. The second-order valence-electron chi connectivity index (χ2n) is 6.99. The van der Waals surface area contributed by atoms with Crippen LogP contribution in [0, 0.1) is 12.8 Å². The average molecular weight is 372 g/mol. The zero-order chi connectivity index (χ0) is 19.7. The average Bonchev–Trinajstić information content (AvgIpc) is 3.29. The number of esters is 1. The van der Waals surface area contributed by atoms with Crippen LogP contribution in [0.4, 0.5) is 5.82 Å². The monoisotopic (exact) mass is 372 g/mol. The van der Waals surface area contributed by atoms with Gasteiger partial charge in [0.25, 0.3) is 0 Å². The van der Waals surface area contributed by atoms with Crippen molar-refractivity contribution in [3.63, 3.8) is 0 Å². The number of ether oxygens (including phenoxy) is 1. The van der Waals surface area contributed by atoms with Gasteiger partial charge < -0.3 is 15.0 Å². The van der Waals surface area contributed by atoms with Gasteiger partial charge in [-0.1, -0.05) is 0 Å².